The maximum Gasteiger partial charge on any atom is 0.229 e. The molecular weight excluding hydrogens is 340 g/mol. The molecule has 27 heavy (non-hydrogen) atoms. The van der Waals surface area contributed by atoms with Gasteiger partial charge in [-0.25, -0.2) is 0 Å². The first-order chi connectivity index (χ1) is 13.2. The van der Waals surface area contributed by atoms with Crippen molar-refractivity contribution in [2.24, 2.45) is 5.92 Å². The molecule has 132 valence electrons. The molecule has 0 spiro atoms. The van der Waals surface area contributed by atoms with Gasteiger partial charge in [0, 0.05) is 30.2 Å². The van der Waals surface area contributed by atoms with Gasteiger partial charge in [0.05, 0.1) is 28.8 Å². The number of amides is 2. The van der Waals surface area contributed by atoms with Gasteiger partial charge in [-0.05, 0) is 30.3 Å². The van der Waals surface area contributed by atoms with Crippen molar-refractivity contribution >= 4 is 34.1 Å². The number of carbonyl (C=O) groups excluding carboxylic acids is 2. The Balaban J connectivity index is 1.55. The molecule has 0 saturated carbocycles. The lowest BCUT2D eigenvalue weighted by Gasteiger charge is -2.18. The molecule has 1 aromatic heterocycles. The Bertz CT molecular complexity index is 1080. The van der Waals surface area contributed by atoms with Crippen LogP contribution in [0.5, 0.6) is 0 Å². The molecule has 4 rings (SSSR count). The van der Waals surface area contributed by atoms with Gasteiger partial charge in [-0.2, -0.15) is 5.26 Å². The van der Waals surface area contributed by atoms with Crippen molar-refractivity contribution in [2.45, 2.75) is 6.42 Å². The van der Waals surface area contributed by atoms with Crippen molar-refractivity contribution in [1.82, 2.24) is 4.98 Å². The summed E-state index contributed by atoms with van der Waals surface area (Å²) >= 11 is 0. The minimum Gasteiger partial charge on any atom is -0.326 e. The van der Waals surface area contributed by atoms with E-state index in [2.05, 4.69) is 10.3 Å². The van der Waals surface area contributed by atoms with E-state index in [1.54, 1.807) is 35.4 Å². The zero-order valence-corrected chi connectivity index (χ0v) is 14.4. The molecule has 1 aliphatic rings. The van der Waals surface area contributed by atoms with E-state index in [-0.39, 0.29) is 18.2 Å². The van der Waals surface area contributed by atoms with E-state index in [0.717, 1.165) is 16.6 Å². The highest BCUT2D eigenvalue weighted by atomic mass is 16.2. The van der Waals surface area contributed by atoms with Crippen molar-refractivity contribution in [1.29, 1.82) is 5.26 Å². The molecule has 0 bridgehead atoms. The van der Waals surface area contributed by atoms with Crippen LogP contribution in [0.25, 0.3) is 10.9 Å². The summed E-state index contributed by atoms with van der Waals surface area (Å²) in [7, 11) is 0. The minimum absolute atomic E-state index is 0.0981. The topological polar surface area (TPSA) is 86.1 Å². The Labute approximate surface area is 156 Å². The van der Waals surface area contributed by atoms with Crippen molar-refractivity contribution in [3.63, 3.8) is 0 Å². The number of hydrogen-bond acceptors (Lipinski definition) is 4. The van der Waals surface area contributed by atoms with Gasteiger partial charge in [-0.1, -0.05) is 24.3 Å². The zero-order valence-electron chi connectivity index (χ0n) is 14.4. The second-order valence-electron chi connectivity index (χ2n) is 6.44. The third-order valence-electron chi connectivity index (χ3n) is 4.66. The largest absolute Gasteiger partial charge is 0.326 e. The van der Waals surface area contributed by atoms with Crippen LogP contribution >= 0.6 is 0 Å². The van der Waals surface area contributed by atoms with E-state index in [4.69, 9.17) is 5.26 Å². The van der Waals surface area contributed by atoms with Gasteiger partial charge in [0.1, 0.15) is 0 Å². The number of hydrogen-bond donors (Lipinski definition) is 1. The van der Waals surface area contributed by atoms with Gasteiger partial charge >= 0.3 is 0 Å². The quantitative estimate of drug-likeness (QED) is 0.781. The molecule has 0 radical (unpaired) electrons. The van der Waals surface area contributed by atoms with Crippen LogP contribution in [0.1, 0.15) is 12.0 Å². The number of benzene rings is 2. The summed E-state index contributed by atoms with van der Waals surface area (Å²) in [4.78, 5) is 31.2. The van der Waals surface area contributed by atoms with Crippen LogP contribution in [0.3, 0.4) is 0 Å². The number of para-hydroxylation sites is 1. The second-order valence-corrected chi connectivity index (χ2v) is 6.44. The van der Waals surface area contributed by atoms with Gasteiger partial charge in [0.15, 0.2) is 0 Å². The number of rotatable bonds is 3. The molecule has 1 fully saturated rings. The highest BCUT2D eigenvalue weighted by molar-refractivity contribution is 6.07. The fourth-order valence-corrected chi connectivity index (χ4v) is 3.33. The van der Waals surface area contributed by atoms with Crippen LogP contribution in [-0.4, -0.2) is 23.3 Å². The summed E-state index contributed by atoms with van der Waals surface area (Å²) in [5, 5.41) is 12.7. The number of nitriles is 1. The number of carbonyl (C=O) groups is 2. The molecule has 2 heterocycles. The van der Waals surface area contributed by atoms with Gasteiger partial charge in [0.2, 0.25) is 11.8 Å². The normalized spacial score (nSPS) is 16.3. The summed E-state index contributed by atoms with van der Waals surface area (Å²) in [6, 6.07) is 18.2. The molecule has 1 aliphatic heterocycles. The second kappa shape index (κ2) is 6.89. The van der Waals surface area contributed by atoms with Crippen molar-refractivity contribution in [3.05, 3.63) is 66.4 Å². The Kier molecular flexibility index (Phi) is 4.27. The first-order valence-corrected chi connectivity index (χ1v) is 8.61. The molecule has 2 amide bonds. The summed E-state index contributed by atoms with van der Waals surface area (Å²) in [6.45, 7) is 0.304. The molecule has 1 saturated heterocycles. The Morgan fingerprint density at radius 3 is 2.85 bits per heavy atom. The predicted molar refractivity (Wildman–Crippen MR) is 102 cm³/mol. The molecule has 3 aromatic rings. The smallest absolute Gasteiger partial charge is 0.229 e. The lowest BCUT2D eigenvalue weighted by molar-refractivity contribution is -0.122. The monoisotopic (exact) mass is 356 g/mol. The van der Waals surface area contributed by atoms with Crippen molar-refractivity contribution in [3.8, 4) is 6.07 Å². The highest BCUT2D eigenvalue weighted by Crippen LogP contribution is 2.31. The number of aromatic nitrogens is 1. The van der Waals surface area contributed by atoms with E-state index < -0.39 is 5.92 Å². The molecule has 6 nitrogen and oxygen atoms in total. The van der Waals surface area contributed by atoms with Crippen LogP contribution in [0.15, 0.2) is 60.8 Å². The van der Waals surface area contributed by atoms with Crippen LogP contribution in [0, 0.1) is 17.2 Å². The minimum atomic E-state index is -0.456. The summed E-state index contributed by atoms with van der Waals surface area (Å²) in [6.07, 6.45) is 1.84. The summed E-state index contributed by atoms with van der Waals surface area (Å²) in [5.41, 5.74) is 2.49. The SMILES string of the molecule is N#Cc1cccc(NC(=O)C2CC(=O)N(c3cccc4cccnc34)C2)c1. The lowest BCUT2D eigenvalue weighted by Crippen LogP contribution is -2.28. The van der Waals surface area contributed by atoms with Crippen LogP contribution in [-0.2, 0) is 9.59 Å². The molecule has 0 aliphatic carbocycles. The van der Waals surface area contributed by atoms with Crippen LogP contribution in [0.2, 0.25) is 0 Å². The standard InChI is InChI=1S/C21H16N4O2/c22-12-14-4-1-7-17(10-14)24-21(27)16-11-19(26)25(13-16)18-8-2-5-15-6-3-9-23-20(15)18/h1-10,16H,11,13H2,(H,24,27). The Morgan fingerprint density at radius 1 is 1.19 bits per heavy atom. The third-order valence-corrected chi connectivity index (χ3v) is 4.66. The first kappa shape index (κ1) is 16.7. The number of nitrogens with one attached hydrogen (secondary N) is 1. The van der Waals surface area contributed by atoms with Gasteiger partial charge in [-0.15, -0.1) is 0 Å². The third kappa shape index (κ3) is 3.23. The number of fused-ring (bicyclic) bond motifs is 1. The van der Waals surface area contributed by atoms with Crippen LogP contribution in [0.4, 0.5) is 11.4 Å². The van der Waals surface area contributed by atoms with Gasteiger partial charge in [-0.3, -0.25) is 14.6 Å². The zero-order chi connectivity index (χ0) is 18.8. The van der Waals surface area contributed by atoms with Gasteiger partial charge in [0.25, 0.3) is 0 Å². The Morgan fingerprint density at radius 2 is 2.00 bits per heavy atom. The highest BCUT2D eigenvalue weighted by Gasteiger charge is 2.36. The predicted octanol–water partition coefficient (Wildman–Crippen LogP) is 3.10. The van der Waals surface area contributed by atoms with E-state index in [0.29, 0.717) is 17.8 Å². The van der Waals surface area contributed by atoms with Crippen LogP contribution < -0.4 is 10.2 Å². The van der Waals surface area contributed by atoms with E-state index in [1.165, 1.54) is 0 Å². The van der Waals surface area contributed by atoms with Crippen molar-refractivity contribution < 1.29 is 9.59 Å². The number of pyridine rings is 1. The maximum absolute atomic E-state index is 12.6. The average Bonchev–Trinajstić information content (AvgIpc) is 3.09. The van der Waals surface area contributed by atoms with E-state index >= 15 is 0 Å². The molecule has 1 unspecified atom stereocenters. The molecule has 6 heteroatoms. The molecule has 2 aromatic carbocycles. The number of anilines is 2. The maximum atomic E-state index is 12.6. The van der Waals surface area contributed by atoms with Crippen molar-refractivity contribution in [2.75, 3.05) is 16.8 Å². The van der Waals surface area contributed by atoms with E-state index in [1.807, 2.05) is 36.4 Å². The molecule has 1 atom stereocenters. The first-order valence-electron chi connectivity index (χ1n) is 8.61. The molecule has 1 N–H and O–H groups in total. The fraction of sp³-hybridized carbons (Fsp3) is 0.143. The Hall–Kier alpha value is -3.72. The lowest BCUT2D eigenvalue weighted by atomic mass is 10.1. The molecular formula is C21H16N4O2. The average molecular weight is 356 g/mol. The van der Waals surface area contributed by atoms with Gasteiger partial charge < -0.3 is 10.2 Å². The summed E-state index contributed by atoms with van der Waals surface area (Å²) in [5.74, 6) is -0.782. The fourth-order valence-electron chi connectivity index (χ4n) is 3.33. The number of nitrogens with zero attached hydrogens (tertiary/aromatic N) is 3. The van der Waals surface area contributed by atoms with E-state index in [9.17, 15) is 9.59 Å². The summed E-state index contributed by atoms with van der Waals surface area (Å²) < 4.78 is 0.